The molecule has 1 aromatic heterocycles. The second-order valence-electron chi connectivity index (χ2n) is 5.70. The summed E-state index contributed by atoms with van der Waals surface area (Å²) in [6, 6.07) is 10.4. The van der Waals surface area contributed by atoms with E-state index in [4.69, 9.17) is 5.26 Å². The van der Waals surface area contributed by atoms with E-state index in [1.807, 2.05) is 6.07 Å². The van der Waals surface area contributed by atoms with Crippen LogP contribution in [0.2, 0.25) is 0 Å². The van der Waals surface area contributed by atoms with Gasteiger partial charge in [-0.05, 0) is 43.0 Å². The maximum Gasteiger partial charge on any atom is 0.266 e. The molecule has 1 unspecified atom stereocenters. The number of hydrogen-bond acceptors (Lipinski definition) is 4. The van der Waals surface area contributed by atoms with Crippen LogP contribution in [0.15, 0.2) is 35.1 Å². The predicted octanol–water partition coefficient (Wildman–Crippen LogP) is 1.40. The van der Waals surface area contributed by atoms with Crippen molar-refractivity contribution in [3.05, 3.63) is 57.5 Å². The summed E-state index contributed by atoms with van der Waals surface area (Å²) >= 11 is 0. The number of amides is 1. The highest BCUT2D eigenvalue weighted by atomic mass is 16.2. The molecule has 0 fully saturated rings. The Bertz CT molecular complexity index is 864. The number of aromatic nitrogens is 2. The lowest BCUT2D eigenvalue weighted by atomic mass is 9.86. The third kappa shape index (κ3) is 3.14. The van der Waals surface area contributed by atoms with E-state index < -0.39 is 0 Å². The highest BCUT2D eigenvalue weighted by Crippen LogP contribution is 2.24. The third-order valence-electron chi connectivity index (χ3n) is 4.08. The van der Waals surface area contributed by atoms with Crippen LogP contribution in [0.4, 0.5) is 5.69 Å². The fourth-order valence-corrected chi connectivity index (χ4v) is 2.82. The number of nitrogens with one attached hydrogen (secondary N) is 1. The molecule has 1 heterocycles. The molecule has 6 nitrogen and oxygen atoms in total. The molecule has 0 spiro atoms. The maximum atomic E-state index is 12.4. The van der Waals surface area contributed by atoms with Gasteiger partial charge in [-0.25, -0.2) is 4.68 Å². The number of anilines is 1. The first-order valence-corrected chi connectivity index (χ1v) is 7.44. The molecule has 1 N–H and O–H groups in total. The number of aryl methyl sites for hydroxylation is 2. The largest absolute Gasteiger partial charge is 0.326 e. The summed E-state index contributed by atoms with van der Waals surface area (Å²) in [6.07, 6.45) is 1.89. The molecular formula is C17H16N4O2. The van der Waals surface area contributed by atoms with Crippen molar-refractivity contribution in [2.75, 3.05) is 5.32 Å². The lowest BCUT2D eigenvalue weighted by molar-refractivity contribution is -0.120. The number of nitriles is 1. The van der Waals surface area contributed by atoms with E-state index in [0.717, 1.165) is 11.3 Å². The number of carbonyl (C=O) groups is 1. The Morgan fingerprint density at radius 2 is 2.26 bits per heavy atom. The lowest BCUT2D eigenvalue weighted by Crippen LogP contribution is -2.31. The first kappa shape index (κ1) is 15.0. The molecule has 1 atom stereocenters. The number of hydrogen-bond donors (Lipinski definition) is 1. The van der Waals surface area contributed by atoms with Crippen LogP contribution in [0.25, 0.3) is 0 Å². The number of benzene rings is 1. The maximum absolute atomic E-state index is 12.4. The molecule has 1 aliphatic carbocycles. The average molecular weight is 308 g/mol. The minimum absolute atomic E-state index is 0.0913. The number of carbonyl (C=O) groups excluding carboxylic acids is 1. The Hall–Kier alpha value is -2.94. The Balaban J connectivity index is 1.75. The quantitative estimate of drug-likeness (QED) is 0.908. The fourth-order valence-electron chi connectivity index (χ4n) is 2.82. The zero-order valence-electron chi connectivity index (χ0n) is 12.7. The lowest BCUT2D eigenvalue weighted by Gasteiger charge is -2.23. The summed E-state index contributed by atoms with van der Waals surface area (Å²) < 4.78 is 1.33. The van der Waals surface area contributed by atoms with Gasteiger partial charge in [0.25, 0.3) is 5.56 Å². The normalized spacial score (nSPS) is 16.3. The van der Waals surface area contributed by atoms with Crippen LogP contribution in [-0.4, -0.2) is 15.7 Å². The van der Waals surface area contributed by atoms with Gasteiger partial charge in [-0.2, -0.15) is 10.4 Å². The summed E-state index contributed by atoms with van der Waals surface area (Å²) in [5, 5.41) is 16.0. The minimum Gasteiger partial charge on any atom is -0.326 e. The summed E-state index contributed by atoms with van der Waals surface area (Å²) in [7, 11) is 1.63. The molecule has 0 bridgehead atoms. The van der Waals surface area contributed by atoms with Crippen molar-refractivity contribution in [2.24, 2.45) is 13.0 Å². The summed E-state index contributed by atoms with van der Waals surface area (Å²) in [4.78, 5) is 24.1. The standard InChI is InChI=1S/C17H16N4O2/c1-21-16(22)9-13-8-12(5-6-15(13)20-21)17(23)19-14-4-2-3-11(7-14)10-18/h2-4,7,9,12H,5-6,8H2,1H3,(H,19,23). The van der Waals surface area contributed by atoms with E-state index in [-0.39, 0.29) is 17.4 Å². The van der Waals surface area contributed by atoms with Crippen LogP contribution in [0.3, 0.4) is 0 Å². The molecule has 0 saturated carbocycles. The van der Waals surface area contributed by atoms with E-state index >= 15 is 0 Å². The smallest absolute Gasteiger partial charge is 0.266 e. The van der Waals surface area contributed by atoms with E-state index in [0.29, 0.717) is 30.5 Å². The molecule has 1 aliphatic rings. The zero-order chi connectivity index (χ0) is 16.4. The van der Waals surface area contributed by atoms with Crippen LogP contribution in [0, 0.1) is 17.2 Å². The molecule has 0 saturated heterocycles. The van der Waals surface area contributed by atoms with Gasteiger partial charge in [-0.1, -0.05) is 6.07 Å². The molecule has 3 rings (SSSR count). The predicted molar refractivity (Wildman–Crippen MR) is 84.8 cm³/mol. The van der Waals surface area contributed by atoms with Crippen LogP contribution in [-0.2, 0) is 24.7 Å². The van der Waals surface area contributed by atoms with E-state index in [1.54, 1.807) is 37.4 Å². The van der Waals surface area contributed by atoms with Gasteiger partial charge in [0.05, 0.1) is 17.3 Å². The van der Waals surface area contributed by atoms with E-state index in [1.165, 1.54) is 4.68 Å². The van der Waals surface area contributed by atoms with Gasteiger partial charge in [0.2, 0.25) is 5.91 Å². The van der Waals surface area contributed by atoms with Gasteiger partial charge in [-0.15, -0.1) is 0 Å². The zero-order valence-corrected chi connectivity index (χ0v) is 12.7. The summed E-state index contributed by atoms with van der Waals surface area (Å²) in [6.45, 7) is 0. The molecule has 2 aromatic rings. The van der Waals surface area contributed by atoms with E-state index in [2.05, 4.69) is 10.4 Å². The Kier molecular flexibility index (Phi) is 3.94. The van der Waals surface area contributed by atoms with Crippen molar-refractivity contribution in [1.82, 2.24) is 9.78 Å². The van der Waals surface area contributed by atoms with Crippen molar-refractivity contribution < 1.29 is 4.79 Å². The summed E-state index contributed by atoms with van der Waals surface area (Å²) in [5.41, 5.74) is 2.70. The van der Waals surface area contributed by atoms with Crippen LogP contribution >= 0.6 is 0 Å². The van der Waals surface area contributed by atoms with Crippen molar-refractivity contribution in [3.8, 4) is 6.07 Å². The molecule has 6 heteroatoms. The summed E-state index contributed by atoms with van der Waals surface area (Å²) in [5.74, 6) is -0.284. The van der Waals surface area contributed by atoms with Gasteiger partial charge in [0.15, 0.2) is 0 Å². The topological polar surface area (TPSA) is 87.8 Å². The highest BCUT2D eigenvalue weighted by Gasteiger charge is 2.26. The van der Waals surface area contributed by atoms with Gasteiger partial charge in [0, 0.05) is 24.7 Å². The van der Waals surface area contributed by atoms with Gasteiger partial charge < -0.3 is 5.32 Å². The van der Waals surface area contributed by atoms with Crippen LogP contribution in [0.5, 0.6) is 0 Å². The Morgan fingerprint density at radius 3 is 3.04 bits per heavy atom. The number of fused-ring (bicyclic) bond motifs is 1. The third-order valence-corrected chi connectivity index (χ3v) is 4.08. The second kappa shape index (κ2) is 6.05. The second-order valence-corrected chi connectivity index (χ2v) is 5.70. The molecular weight excluding hydrogens is 292 g/mol. The van der Waals surface area contributed by atoms with Crippen molar-refractivity contribution in [1.29, 1.82) is 5.26 Å². The van der Waals surface area contributed by atoms with Crippen molar-refractivity contribution in [2.45, 2.75) is 19.3 Å². The van der Waals surface area contributed by atoms with Gasteiger partial charge >= 0.3 is 0 Å². The molecule has 0 radical (unpaired) electrons. The van der Waals surface area contributed by atoms with E-state index in [9.17, 15) is 9.59 Å². The first-order valence-electron chi connectivity index (χ1n) is 7.44. The van der Waals surface area contributed by atoms with Gasteiger partial charge in [-0.3, -0.25) is 9.59 Å². The number of nitrogens with zero attached hydrogens (tertiary/aromatic N) is 3. The molecule has 1 aromatic carbocycles. The molecule has 23 heavy (non-hydrogen) atoms. The average Bonchev–Trinajstić information content (AvgIpc) is 2.55. The van der Waals surface area contributed by atoms with Gasteiger partial charge in [0.1, 0.15) is 0 Å². The molecule has 116 valence electrons. The Morgan fingerprint density at radius 1 is 1.43 bits per heavy atom. The van der Waals surface area contributed by atoms with Crippen molar-refractivity contribution >= 4 is 11.6 Å². The highest BCUT2D eigenvalue weighted by molar-refractivity contribution is 5.93. The minimum atomic E-state index is -0.192. The SMILES string of the molecule is Cn1nc2c(cc1=O)CC(C(=O)Nc1cccc(C#N)c1)CC2. The first-order chi connectivity index (χ1) is 11.1. The van der Waals surface area contributed by atoms with Crippen LogP contribution in [0.1, 0.15) is 23.2 Å². The monoisotopic (exact) mass is 308 g/mol. The number of rotatable bonds is 2. The van der Waals surface area contributed by atoms with Crippen molar-refractivity contribution in [3.63, 3.8) is 0 Å². The Labute approximate surface area is 133 Å². The molecule has 0 aliphatic heterocycles. The fraction of sp³-hybridized carbons (Fsp3) is 0.294. The van der Waals surface area contributed by atoms with Crippen LogP contribution < -0.4 is 10.9 Å². The molecule has 1 amide bonds.